The van der Waals surface area contributed by atoms with Crippen LogP contribution in [0.4, 0.5) is 5.69 Å². The van der Waals surface area contributed by atoms with Gasteiger partial charge in [-0.3, -0.25) is 14.9 Å². The Bertz CT molecular complexity index is 655. The second kappa shape index (κ2) is 9.86. The fraction of sp³-hybridized carbons (Fsp3) is 0.556. The van der Waals surface area contributed by atoms with Crippen molar-refractivity contribution in [2.45, 2.75) is 44.6 Å². The van der Waals surface area contributed by atoms with Crippen LogP contribution in [-0.2, 0) is 9.47 Å². The summed E-state index contributed by atoms with van der Waals surface area (Å²) in [6.45, 7) is 0.953. The van der Waals surface area contributed by atoms with E-state index in [1.807, 2.05) is 0 Å². The number of hydrogen-bond acceptors (Lipinski definition) is 6. The molecule has 0 heterocycles. The molecule has 1 aliphatic carbocycles. The Balaban J connectivity index is 1.86. The third kappa shape index (κ3) is 5.80. The van der Waals surface area contributed by atoms with Crippen LogP contribution in [0.5, 0.6) is 0 Å². The standard InChI is InChI=1S/C18H24N2O6/c1-25-18(22)14-10-13(11-15(12-14)20(23)24)17(21)19-8-5-9-26-16-6-3-2-4-7-16/h10-12,16H,2-9H2,1H3,(H,19,21). The normalized spacial score (nSPS) is 14.7. The third-order valence-corrected chi connectivity index (χ3v) is 4.32. The number of esters is 1. The van der Waals surface area contributed by atoms with Gasteiger partial charge in [-0.1, -0.05) is 19.3 Å². The smallest absolute Gasteiger partial charge is 0.338 e. The van der Waals surface area contributed by atoms with Gasteiger partial charge in [-0.05, 0) is 25.3 Å². The molecule has 1 aliphatic rings. The maximum absolute atomic E-state index is 12.2. The van der Waals surface area contributed by atoms with Crippen LogP contribution in [0.1, 0.15) is 59.2 Å². The third-order valence-electron chi connectivity index (χ3n) is 4.32. The molecule has 26 heavy (non-hydrogen) atoms. The van der Waals surface area contributed by atoms with Gasteiger partial charge in [0.15, 0.2) is 0 Å². The van der Waals surface area contributed by atoms with E-state index in [-0.39, 0.29) is 16.8 Å². The van der Waals surface area contributed by atoms with Crippen molar-refractivity contribution in [1.82, 2.24) is 5.32 Å². The molecular formula is C18H24N2O6. The highest BCUT2D eigenvalue weighted by Gasteiger charge is 2.18. The number of nitrogens with zero attached hydrogens (tertiary/aromatic N) is 1. The van der Waals surface area contributed by atoms with Crippen molar-refractivity contribution in [3.63, 3.8) is 0 Å². The van der Waals surface area contributed by atoms with E-state index in [1.165, 1.54) is 32.4 Å². The van der Waals surface area contributed by atoms with Crippen LogP contribution in [-0.4, -0.2) is 43.2 Å². The molecule has 1 amide bonds. The van der Waals surface area contributed by atoms with Crippen LogP contribution in [0.15, 0.2) is 18.2 Å². The van der Waals surface area contributed by atoms with Gasteiger partial charge in [-0.2, -0.15) is 0 Å². The molecule has 0 spiro atoms. The molecule has 8 heteroatoms. The lowest BCUT2D eigenvalue weighted by atomic mass is 9.98. The Morgan fingerprint density at radius 1 is 1.19 bits per heavy atom. The van der Waals surface area contributed by atoms with E-state index in [0.29, 0.717) is 25.7 Å². The molecule has 1 aromatic rings. The lowest BCUT2D eigenvalue weighted by Gasteiger charge is -2.21. The Morgan fingerprint density at radius 2 is 1.88 bits per heavy atom. The molecule has 0 aromatic heterocycles. The largest absolute Gasteiger partial charge is 0.465 e. The van der Waals surface area contributed by atoms with Crippen LogP contribution < -0.4 is 5.32 Å². The van der Waals surface area contributed by atoms with E-state index >= 15 is 0 Å². The van der Waals surface area contributed by atoms with Gasteiger partial charge in [0.25, 0.3) is 11.6 Å². The van der Waals surface area contributed by atoms with Gasteiger partial charge in [0.05, 0.1) is 23.7 Å². The molecule has 1 N–H and O–H groups in total. The Labute approximate surface area is 152 Å². The number of ether oxygens (including phenoxy) is 2. The summed E-state index contributed by atoms with van der Waals surface area (Å²) in [5.41, 5.74) is -0.320. The molecule has 0 saturated heterocycles. The molecule has 8 nitrogen and oxygen atoms in total. The predicted molar refractivity (Wildman–Crippen MR) is 94.2 cm³/mol. The van der Waals surface area contributed by atoms with Crippen LogP contribution in [0, 0.1) is 10.1 Å². The van der Waals surface area contributed by atoms with E-state index in [0.717, 1.165) is 25.0 Å². The van der Waals surface area contributed by atoms with E-state index in [9.17, 15) is 19.7 Å². The fourth-order valence-electron chi connectivity index (χ4n) is 2.94. The van der Waals surface area contributed by atoms with Crippen molar-refractivity contribution in [3.05, 3.63) is 39.4 Å². The lowest BCUT2D eigenvalue weighted by Crippen LogP contribution is -2.26. The zero-order chi connectivity index (χ0) is 18.9. The summed E-state index contributed by atoms with van der Waals surface area (Å²) in [7, 11) is 1.17. The predicted octanol–water partition coefficient (Wildman–Crippen LogP) is 2.85. The second-order valence-corrected chi connectivity index (χ2v) is 6.26. The van der Waals surface area contributed by atoms with Crippen LogP contribution in [0.3, 0.4) is 0 Å². The Morgan fingerprint density at radius 3 is 2.54 bits per heavy atom. The first kappa shape index (κ1) is 19.8. The minimum Gasteiger partial charge on any atom is -0.465 e. The van der Waals surface area contributed by atoms with Crippen molar-refractivity contribution >= 4 is 17.6 Å². The van der Waals surface area contributed by atoms with Gasteiger partial charge < -0.3 is 14.8 Å². The first-order chi connectivity index (χ1) is 12.5. The molecule has 0 aliphatic heterocycles. The van der Waals surface area contributed by atoms with Gasteiger partial charge in [-0.25, -0.2) is 4.79 Å². The maximum Gasteiger partial charge on any atom is 0.338 e. The topological polar surface area (TPSA) is 108 Å². The maximum atomic E-state index is 12.2. The molecule has 1 fully saturated rings. The SMILES string of the molecule is COC(=O)c1cc(C(=O)NCCCOC2CCCCC2)cc([N+](=O)[O-])c1. The van der Waals surface area contributed by atoms with Gasteiger partial charge in [0.2, 0.25) is 0 Å². The number of carbonyl (C=O) groups excluding carboxylic acids is 2. The van der Waals surface area contributed by atoms with Gasteiger partial charge in [0.1, 0.15) is 0 Å². The summed E-state index contributed by atoms with van der Waals surface area (Å²) in [6.07, 6.45) is 6.84. The molecule has 0 bridgehead atoms. The summed E-state index contributed by atoms with van der Waals surface area (Å²) in [4.78, 5) is 34.2. The molecule has 1 aromatic carbocycles. The molecule has 2 rings (SSSR count). The second-order valence-electron chi connectivity index (χ2n) is 6.26. The average Bonchev–Trinajstić information content (AvgIpc) is 2.67. The van der Waals surface area contributed by atoms with E-state index in [2.05, 4.69) is 10.1 Å². The number of rotatable bonds is 8. The quantitative estimate of drug-likeness (QED) is 0.329. The minimum atomic E-state index is -0.733. The molecule has 0 radical (unpaired) electrons. The van der Waals surface area contributed by atoms with Crippen LogP contribution in [0.2, 0.25) is 0 Å². The fourth-order valence-corrected chi connectivity index (χ4v) is 2.94. The van der Waals surface area contributed by atoms with E-state index < -0.39 is 16.8 Å². The molecule has 1 saturated carbocycles. The zero-order valence-corrected chi connectivity index (χ0v) is 14.9. The highest BCUT2D eigenvalue weighted by Crippen LogP contribution is 2.20. The number of nitrogens with one attached hydrogen (secondary N) is 1. The van der Waals surface area contributed by atoms with Crippen molar-refractivity contribution in [3.8, 4) is 0 Å². The summed E-state index contributed by atoms with van der Waals surface area (Å²) < 4.78 is 10.4. The Hall–Kier alpha value is -2.48. The van der Waals surface area contributed by atoms with Gasteiger partial charge in [-0.15, -0.1) is 0 Å². The average molecular weight is 364 g/mol. The number of hydrogen-bond donors (Lipinski definition) is 1. The number of methoxy groups -OCH3 is 1. The number of benzene rings is 1. The minimum absolute atomic E-state index is 0.0347. The highest BCUT2D eigenvalue weighted by atomic mass is 16.6. The molecule has 0 atom stereocenters. The summed E-state index contributed by atoms with van der Waals surface area (Å²) >= 11 is 0. The van der Waals surface area contributed by atoms with Gasteiger partial charge in [0, 0.05) is 30.8 Å². The lowest BCUT2D eigenvalue weighted by molar-refractivity contribution is -0.384. The number of nitro groups is 1. The highest BCUT2D eigenvalue weighted by molar-refractivity contribution is 5.98. The van der Waals surface area contributed by atoms with Crippen molar-refractivity contribution in [2.75, 3.05) is 20.3 Å². The van der Waals surface area contributed by atoms with Crippen LogP contribution in [0.25, 0.3) is 0 Å². The van der Waals surface area contributed by atoms with Crippen molar-refractivity contribution in [2.24, 2.45) is 0 Å². The monoisotopic (exact) mass is 364 g/mol. The van der Waals surface area contributed by atoms with Crippen LogP contribution >= 0.6 is 0 Å². The zero-order valence-electron chi connectivity index (χ0n) is 14.9. The number of nitro benzene ring substituents is 1. The van der Waals surface area contributed by atoms with E-state index in [1.54, 1.807) is 0 Å². The molecule has 0 unspecified atom stereocenters. The van der Waals surface area contributed by atoms with Gasteiger partial charge >= 0.3 is 5.97 Å². The molecule has 142 valence electrons. The first-order valence-electron chi connectivity index (χ1n) is 8.79. The summed E-state index contributed by atoms with van der Waals surface area (Å²) in [5.74, 6) is -1.21. The number of carbonyl (C=O) groups is 2. The number of non-ortho nitro benzene ring substituents is 1. The van der Waals surface area contributed by atoms with Crippen molar-refractivity contribution in [1.29, 1.82) is 0 Å². The first-order valence-corrected chi connectivity index (χ1v) is 8.79. The summed E-state index contributed by atoms with van der Waals surface area (Å²) in [5, 5.41) is 13.7. The Kier molecular flexibility index (Phi) is 7.53. The number of amides is 1. The summed E-state index contributed by atoms with van der Waals surface area (Å²) in [6, 6.07) is 3.51. The molecular weight excluding hydrogens is 340 g/mol. The van der Waals surface area contributed by atoms with E-state index in [4.69, 9.17) is 4.74 Å². The van der Waals surface area contributed by atoms with Crippen molar-refractivity contribution < 1.29 is 24.0 Å².